The highest BCUT2D eigenvalue weighted by Crippen LogP contribution is 2.20. The van der Waals surface area contributed by atoms with E-state index < -0.39 is 17.9 Å². The van der Waals surface area contributed by atoms with Gasteiger partial charge >= 0.3 is 12.0 Å². The van der Waals surface area contributed by atoms with Crippen molar-refractivity contribution >= 4 is 12.0 Å². The van der Waals surface area contributed by atoms with Crippen LogP contribution in [0.15, 0.2) is 0 Å². The van der Waals surface area contributed by atoms with Gasteiger partial charge in [0.15, 0.2) is 0 Å². The number of ether oxygens (including phenoxy) is 1. The number of carbonyl (C=O) groups is 2. The number of hydrogen-bond acceptors (Lipinski definition) is 3. The number of nitrogens with zero attached hydrogens (tertiary/aromatic N) is 1. The molecule has 1 saturated heterocycles. The van der Waals surface area contributed by atoms with Crippen LogP contribution in [0.1, 0.15) is 33.6 Å². The Morgan fingerprint density at radius 2 is 1.95 bits per heavy atom. The van der Waals surface area contributed by atoms with Crippen LogP contribution in [0.25, 0.3) is 0 Å². The zero-order chi connectivity index (χ0) is 14.6. The third-order valence-corrected chi connectivity index (χ3v) is 4.15. The smallest absolute Gasteiger partial charge is 0.317 e. The van der Waals surface area contributed by atoms with E-state index in [2.05, 4.69) is 5.32 Å². The van der Waals surface area contributed by atoms with Crippen molar-refractivity contribution in [3.63, 3.8) is 0 Å². The van der Waals surface area contributed by atoms with Crippen LogP contribution in [0.3, 0.4) is 0 Å². The SMILES string of the molecule is CCC(C)(CC)NC(=O)N(C)C1COCC1C(=O)O. The molecule has 0 bridgehead atoms. The highest BCUT2D eigenvalue weighted by Gasteiger charge is 2.39. The van der Waals surface area contributed by atoms with Gasteiger partial charge in [-0.1, -0.05) is 13.8 Å². The van der Waals surface area contributed by atoms with Gasteiger partial charge in [-0.2, -0.15) is 0 Å². The van der Waals surface area contributed by atoms with Crippen LogP contribution in [0.5, 0.6) is 0 Å². The third kappa shape index (κ3) is 3.59. The Hall–Kier alpha value is -1.30. The van der Waals surface area contributed by atoms with Crippen molar-refractivity contribution in [3.05, 3.63) is 0 Å². The summed E-state index contributed by atoms with van der Waals surface area (Å²) in [4.78, 5) is 24.7. The van der Waals surface area contributed by atoms with Crippen LogP contribution in [0.2, 0.25) is 0 Å². The topological polar surface area (TPSA) is 78.9 Å². The van der Waals surface area contributed by atoms with Gasteiger partial charge in [-0.25, -0.2) is 4.79 Å². The molecule has 1 heterocycles. The molecule has 19 heavy (non-hydrogen) atoms. The lowest BCUT2D eigenvalue weighted by Gasteiger charge is -2.33. The van der Waals surface area contributed by atoms with Crippen LogP contribution in [0.4, 0.5) is 4.79 Å². The molecule has 1 aliphatic heterocycles. The van der Waals surface area contributed by atoms with Gasteiger partial charge in [0.05, 0.1) is 19.3 Å². The zero-order valence-corrected chi connectivity index (χ0v) is 12.1. The first-order chi connectivity index (χ1) is 8.84. The van der Waals surface area contributed by atoms with E-state index in [-0.39, 0.29) is 24.8 Å². The molecule has 110 valence electrons. The molecule has 2 amide bonds. The minimum Gasteiger partial charge on any atom is -0.481 e. The lowest BCUT2D eigenvalue weighted by molar-refractivity contribution is -0.142. The highest BCUT2D eigenvalue weighted by atomic mass is 16.5. The van der Waals surface area contributed by atoms with Gasteiger partial charge in [0.25, 0.3) is 0 Å². The Bertz CT molecular complexity index is 342. The van der Waals surface area contributed by atoms with Gasteiger partial charge in [0, 0.05) is 12.6 Å². The number of aliphatic carboxylic acids is 1. The summed E-state index contributed by atoms with van der Waals surface area (Å²) in [7, 11) is 1.62. The summed E-state index contributed by atoms with van der Waals surface area (Å²) in [5, 5.41) is 12.1. The van der Waals surface area contributed by atoms with Crippen molar-refractivity contribution < 1.29 is 19.4 Å². The molecule has 0 spiro atoms. The number of carboxylic acid groups (broad SMARTS) is 1. The monoisotopic (exact) mass is 272 g/mol. The molecule has 2 N–H and O–H groups in total. The predicted octanol–water partition coefficient (Wildman–Crippen LogP) is 1.31. The van der Waals surface area contributed by atoms with Gasteiger partial charge in [-0.15, -0.1) is 0 Å². The largest absolute Gasteiger partial charge is 0.481 e. The molecule has 1 aliphatic rings. The summed E-state index contributed by atoms with van der Waals surface area (Å²) in [6.45, 7) is 6.45. The molecule has 0 aromatic heterocycles. The van der Waals surface area contributed by atoms with E-state index in [1.807, 2.05) is 20.8 Å². The number of nitrogens with one attached hydrogen (secondary N) is 1. The molecule has 2 unspecified atom stereocenters. The van der Waals surface area contributed by atoms with Crippen LogP contribution in [-0.4, -0.2) is 53.8 Å². The Morgan fingerprint density at radius 3 is 2.42 bits per heavy atom. The number of carbonyl (C=O) groups excluding carboxylic acids is 1. The molecule has 0 radical (unpaired) electrons. The van der Waals surface area contributed by atoms with Crippen molar-refractivity contribution in [2.75, 3.05) is 20.3 Å². The number of urea groups is 1. The molecule has 6 heteroatoms. The summed E-state index contributed by atoms with van der Waals surface area (Å²) in [6.07, 6.45) is 1.65. The Morgan fingerprint density at radius 1 is 1.37 bits per heavy atom. The lowest BCUT2D eigenvalue weighted by atomic mass is 9.96. The number of hydrogen-bond donors (Lipinski definition) is 2. The standard InChI is InChI=1S/C13H24N2O4/c1-5-13(3,6-2)14-12(18)15(4)10-8-19-7-9(10)11(16)17/h9-10H,5-8H2,1-4H3,(H,14,18)(H,16,17). The zero-order valence-electron chi connectivity index (χ0n) is 12.1. The van der Waals surface area contributed by atoms with E-state index in [4.69, 9.17) is 9.84 Å². The van der Waals surface area contributed by atoms with Crippen molar-refractivity contribution in [2.45, 2.75) is 45.2 Å². The molecule has 0 aromatic rings. The maximum absolute atomic E-state index is 12.2. The van der Waals surface area contributed by atoms with E-state index in [0.717, 1.165) is 12.8 Å². The Balaban J connectivity index is 2.69. The summed E-state index contributed by atoms with van der Waals surface area (Å²) >= 11 is 0. The summed E-state index contributed by atoms with van der Waals surface area (Å²) in [6, 6.07) is -0.650. The second-order valence-corrected chi connectivity index (χ2v) is 5.36. The van der Waals surface area contributed by atoms with Crippen LogP contribution >= 0.6 is 0 Å². The molecule has 1 fully saturated rings. The first-order valence-corrected chi connectivity index (χ1v) is 6.70. The predicted molar refractivity (Wildman–Crippen MR) is 71.0 cm³/mol. The van der Waals surface area contributed by atoms with E-state index in [9.17, 15) is 9.59 Å². The van der Waals surface area contributed by atoms with E-state index >= 15 is 0 Å². The fourth-order valence-electron chi connectivity index (χ4n) is 2.08. The van der Waals surface area contributed by atoms with Crippen molar-refractivity contribution in [1.82, 2.24) is 10.2 Å². The quantitative estimate of drug-likeness (QED) is 0.791. The van der Waals surface area contributed by atoms with Gasteiger partial charge in [-0.3, -0.25) is 4.79 Å². The Labute approximate surface area is 114 Å². The normalized spacial score (nSPS) is 23.2. The van der Waals surface area contributed by atoms with E-state index in [1.165, 1.54) is 4.90 Å². The summed E-state index contributed by atoms with van der Waals surface area (Å²) < 4.78 is 5.18. The average molecular weight is 272 g/mol. The fraction of sp³-hybridized carbons (Fsp3) is 0.846. The van der Waals surface area contributed by atoms with Crippen molar-refractivity contribution in [2.24, 2.45) is 5.92 Å². The second-order valence-electron chi connectivity index (χ2n) is 5.36. The van der Waals surface area contributed by atoms with Gasteiger partial charge in [0.2, 0.25) is 0 Å². The third-order valence-electron chi connectivity index (χ3n) is 4.15. The van der Waals surface area contributed by atoms with E-state index in [0.29, 0.717) is 0 Å². The molecule has 0 aromatic carbocycles. The molecule has 1 rings (SSSR count). The van der Waals surface area contributed by atoms with Crippen LogP contribution in [0, 0.1) is 5.92 Å². The van der Waals surface area contributed by atoms with E-state index in [1.54, 1.807) is 7.05 Å². The van der Waals surface area contributed by atoms with Gasteiger partial charge in [0.1, 0.15) is 5.92 Å². The number of amides is 2. The average Bonchev–Trinajstić information content (AvgIpc) is 2.86. The van der Waals surface area contributed by atoms with Gasteiger partial charge < -0.3 is 20.1 Å². The van der Waals surface area contributed by atoms with Crippen molar-refractivity contribution in [3.8, 4) is 0 Å². The van der Waals surface area contributed by atoms with Crippen molar-refractivity contribution in [1.29, 1.82) is 0 Å². The molecule has 0 saturated carbocycles. The fourth-order valence-corrected chi connectivity index (χ4v) is 2.08. The molecular formula is C13H24N2O4. The lowest BCUT2D eigenvalue weighted by Crippen LogP contribution is -2.54. The summed E-state index contributed by atoms with van der Waals surface area (Å²) in [5.41, 5.74) is -0.260. The first kappa shape index (κ1) is 15.8. The maximum Gasteiger partial charge on any atom is 0.317 e. The highest BCUT2D eigenvalue weighted by molar-refractivity contribution is 5.77. The number of carboxylic acids is 1. The van der Waals surface area contributed by atoms with Crippen LogP contribution < -0.4 is 5.32 Å². The summed E-state index contributed by atoms with van der Waals surface area (Å²) in [5.74, 6) is -1.57. The number of likely N-dealkylation sites (N-methyl/N-ethyl adjacent to an activating group) is 1. The number of rotatable bonds is 5. The second kappa shape index (κ2) is 6.23. The maximum atomic E-state index is 12.2. The molecule has 2 atom stereocenters. The molecule has 6 nitrogen and oxygen atoms in total. The molecular weight excluding hydrogens is 248 g/mol. The minimum atomic E-state index is -0.920. The van der Waals surface area contributed by atoms with Gasteiger partial charge in [-0.05, 0) is 19.8 Å². The Kier molecular flexibility index (Phi) is 5.17. The van der Waals surface area contributed by atoms with Crippen LogP contribution in [-0.2, 0) is 9.53 Å². The first-order valence-electron chi connectivity index (χ1n) is 6.70. The minimum absolute atomic E-state index is 0.163. The molecule has 0 aliphatic carbocycles.